The Kier molecular flexibility index (Phi) is 4.13. The molecule has 98 valence electrons. The maximum absolute atomic E-state index is 11.7. The molecule has 0 atom stereocenters. The normalized spacial score (nSPS) is 16.2. The van der Waals surface area contributed by atoms with Crippen molar-refractivity contribution < 1.29 is 19.4 Å². The molecule has 1 aromatic heterocycles. The molecule has 7 nitrogen and oxygen atoms in total. The number of morpholine rings is 1. The first kappa shape index (κ1) is 12.8. The van der Waals surface area contributed by atoms with E-state index in [1.807, 2.05) is 0 Å². The SMILES string of the molecule is O=C(Nc1sccc1C(=O)O)NN1CCOCC1. The average Bonchev–Trinajstić information content (AvgIpc) is 2.78. The molecule has 0 saturated carbocycles. The van der Waals surface area contributed by atoms with Crippen LogP contribution in [0.25, 0.3) is 0 Å². The van der Waals surface area contributed by atoms with Gasteiger partial charge >= 0.3 is 12.0 Å². The van der Waals surface area contributed by atoms with Crippen LogP contribution in [0.5, 0.6) is 0 Å². The van der Waals surface area contributed by atoms with Crippen LogP contribution in [-0.4, -0.2) is 48.4 Å². The van der Waals surface area contributed by atoms with Gasteiger partial charge in [0, 0.05) is 13.1 Å². The average molecular weight is 271 g/mol. The number of aromatic carboxylic acids is 1. The summed E-state index contributed by atoms with van der Waals surface area (Å²) in [7, 11) is 0. The molecule has 0 radical (unpaired) electrons. The van der Waals surface area contributed by atoms with Crippen LogP contribution in [0.15, 0.2) is 11.4 Å². The number of nitrogens with zero attached hydrogens (tertiary/aromatic N) is 1. The summed E-state index contributed by atoms with van der Waals surface area (Å²) in [5, 5.41) is 15.1. The molecule has 3 N–H and O–H groups in total. The van der Waals surface area contributed by atoms with Crippen molar-refractivity contribution in [2.75, 3.05) is 31.6 Å². The van der Waals surface area contributed by atoms with Gasteiger partial charge in [-0.2, -0.15) is 0 Å². The van der Waals surface area contributed by atoms with Crippen LogP contribution in [0.1, 0.15) is 10.4 Å². The Bertz CT molecular complexity index is 442. The fourth-order valence-electron chi connectivity index (χ4n) is 1.52. The Balaban J connectivity index is 1.90. The van der Waals surface area contributed by atoms with Crippen LogP contribution in [0.2, 0.25) is 0 Å². The topological polar surface area (TPSA) is 90.9 Å². The molecule has 2 rings (SSSR count). The summed E-state index contributed by atoms with van der Waals surface area (Å²) in [5.74, 6) is -1.06. The molecular weight excluding hydrogens is 258 g/mol. The minimum Gasteiger partial charge on any atom is -0.478 e. The predicted octanol–water partition coefficient (Wildman–Crippen LogP) is 0.815. The highest BCUT2D eigenvalue weighted by Gasteiger charge is 2.16. The maximum atomic E-state index is 11.7. The number of thiophene rings is 1. The van der Waals surface area contributed by atoms with Crippen molar-refractivity contribution >= 4 is 28.3 Å². The van der Waals surface area contributed by atoms with Crippen LogP contribution >= 0.6 is 11.3 Å². The van der Waals surface area contributed by atoms with Gasteiger partial charge < -0.3 is 9.84 Å². The number of rotatable bonds is 3. The van der Waals surface area contributed by atoms with Crippen molar-refractivity contribution in [2.45, 2.75) is 0 Å². The van der Waals surface area contributed by atoms with E-state index in [1.165, 1.54) is 17.4 Å². The Morgan fingerprint density at radius 1 is 1.39 bits per heavy atom. The molecule has 1 fully saturated rings. The fourth-order valence-corrected chi connectivity index (χ4v) is 2.30. The zero-order valence-electron chi connectivity index (χ0n) is 9.51. The van der Waals surface area contributed by atoms with Crippen LogP contribution in [-0.2, 0) is 4.74 Å². The van der Waals surface area contributed by atoms with E-state index in [2.05, 4.69) is 10.7 Å². The van der Waals surface area contributed by atoms with Gasteiger partial charge in [-0.3, -0.25) is 10.7 Å². The van der Waals surface area contributed by atoms with E-state index >= 15 is 0 Å². The predicted molar refractivity (Wildman–Crippen MR) is 65.8 cm³/mol. The molecule has 0 aliphatic carbocycles. The van der Waals surface area contributed by atoms with Crippen molar-refractivity contribution in [3.8, 4) is 0 Å². The molecule has 8 heteroatoms. The fraction of sp³-hybridized carbons (Fsp3) is 0.400. The van der Waals surface area contributed by atoms with Crippen LogP contribution in [0.3, 0.4) is 0 Å². The number of anilines is 1. The van der Waals surface area contributed by atoms with E-state index in [-0.39, 0.29) is 5.56 Å². The molecule has 18 heavy (non-hydrogen) atoms. The third kappa shape index (κ3) is 3.19. The Morgan fingerprint density at radius 2 is 2.11 bits per heavy atom. The number of hydrazine groups is 1. The Morgan fingerprint density at radius 3 is 2.78 bits per heavy atom. The number of carbonyl (C=O) groups is 2. The third-order valence-corrected chi connectivity index (χ3v) is 3.22. The molecule has 0 spiro atoms. The summed E-state index contributed by atoms with van der Waals surface area (Å²) in [6.07, 6.45) is 0. The molecule has 0 aromatic carbocycles. The summed E-state index contributed by atoms with van der Waals surface area (Å²) in [4.78, 5) is 22.5. The number of carboxylic acids is 1. The van der Waals surface area contributed by atoms with Crippen molar-refractivity contribution in [1.29, 1.82) is 0 Å². The number of carbonyl (C=O) groups excluding carboxylic acids is 1. The van der Waals surface area contributed by atoms with Gasteiger partial charge in [-0.15, -0.1) is 11.3 Å². The smallest absolute Gasteiger partial charge is 0.338 e. The monoisotopic (exact) mass is 271 g/mol. The van der Waals surface area contributed by atoms with Gasteiger partial charge in [0.05, 0.1) is 18.8 Å². The quantitative estimate of drug-likeness (QED) is 0.757. The third-order valence-electron chi connectivity index (χ3n) is 2.39. The zero-order chi connectivity index (χ0) is 13.0. The maximum Gasteiger partial charge on any atom is 0.338 e. The van der Waals surface area contributed by atoms with Gasteiger partial charge in [0.1, 0.15) is 5.00 Å². The molecule has 2 amide bonds. The number of urea groups is 1. The first-order chi connectivity index (χ1) is 8.66. The van der Waals surface area contributed by atoms with Gasteiger partial charge in [-0.1, -0.05) is 0 Å². The molecule has 0 unspecified atom stereocenters. The van der Waals surface area contributed by atoms with Gasteiger partial charge in [-0.25, -0.2) is 14.6 Å². The van der Waals surface area contributed by atoms with E-state index in [1.54, 1.807) is 10.4 Å². The van der Waals surface area contributed by atoms with Crippen molar-refractivity contribution in [2.24, 2.45) is 0 Å². The molecule has 1 aliphatic heterocycles. The minimum atomic E-state index is -1.06. The lowest BCUT2D eigenvalue weighted by Crippen LogP contribution is -2.49. The summed E-state index contributed by atoms with van der Waals surface area (Å²) in [6, 6.07) is 1.01. The van der Waals surface area contributed by atoms with Crippen LogP contribution in [0.4, 0.5) is 9.80 Å². The van der Waals surface area contributed by atoms with Gasteiger partial charge in [0.15, 0.2) is 0 Å². The van der Waals surface area contributed by atoms with E-state index in [0.717, 1.165) is 0 Å². The van der Waals surface area contributed by atoms with Gasteiger partial charge in [0.2, 0.25) is 0 Å². The first-order valence-electron chi connectivity index (χ1n) is 5.38. The largest absolute Gasteiger partial charge is 0.478 e. The molecule has 1 aliphatic rings. The highest BCUT2D eigenvalue weighted by Crippen LogP contribution is 2.22. The standard InChI is InChI=1S/C10H13N3O4S/c14-9(15)7-1-6-18-8(7)11-10(16)12-13-2-4-17-5-3-13/h1,6H,2-5H2,(H,14,15)(H2,11,12,16). The number of ether oxygens (including phenoxy) is 1. The lowest BCUT2D eigenvalue weighted by Gasteiger charge is -2.26. The Hall–Kier alpha value is -1.64. The molecular formula is C10H13N3O4S. The second-order valence-corrected chi connectivity index (χ2v) is 4.55. The highest BCUT2D eigenvalue weighted by molar-refractivity contribution is 7.14. The van der Waals surface area contributed by atoms with E-state index in [9.17, 15) is 9.59 Å². The van der Waals surface area contributed by atoms with Crippen molar-refractivity contribution in [3.05, 3.63) is 17.0 Å². The molecule has 0 bridgehead atoms. The molecule has 2 heterocycles. The van der Waals surface area contributed by atoms with Gasteiger partial charge in [-0.05, 0) is 11.4 Å². The van der Waals surface area contributed by atoms with Crippen LogP contribution in [0, 0.1) is 0 Å². The summed E-state index contributed by atoms with van der Waals surface area (Å²) >= 11 is 1.17. The summed E-state index contributed by atoms with van der Waals surface area (Å²) < 4.78 is 5.15. The minimum absolute atomic E-state index is 0.0946. The highest BCUT2D eigenvalue weighted by atomic mass is 32.1. The second kappa shape index (κ2) is 5.80. The van der Waals surface area contributed by atoms with E-state index in [4.69, 9.17) is 9.84 Å². The van der Waals surface area contributed by atoms with E-state index in [0.29, 0.717) is 31.3 Å². The Labute approximate surface area is 107 Å². The van der Waals surface area contributed by atoms with Crippen molar-refractivity contribution in [3.63, 3.8) is 0 Å². The number of nitrogens with one attached hydrogen (secondary N) is 2. The van der Waals surface area contributed by atoms with Gasteiger partial charge in [0.25, 0.3) is 0 Å². The summed E-state index contributed by atoms with van der Waals surface area (Å²) in [5.41, 5.74) is 2.73. The molecule has 1 aromatic rings. The number of carboxylic acid groups (broad SMARTS) is 1. The van der Waals surface area contributed by atoms with Crippen molar-refractivity contribution in [1.82, 2.24) is 10.4 Å². The lowest BCUT2D eigenvalue weighted by atomic mass is 10.3. The molecule has 1 saturated heterocycles. The number of amides is 2. The second-order valence-electron chi connectivity index (χ2n) is 3.63. The first-order valence-corrected chi connectivity index (χ1v) is 6.26. The van der Waals surface area contributed by atoms with Crippen LogP contribution < -0.4 is 10.7 Å². The summed E-state index contributed by atoms with van der Waals surface area (Å²) in [6.45, 7) is 2.37. The number of hydrogen-bond acceptors (Lipinski definition) is 5. The zero-order valence-corrected chi connectivity index (χ0v) is 10.3. The van der Waals surface area contributed by atoms with E-state index < -0.39 is 12.0 Å². The lowest BCUT2D eigenvalue weighted by molar-refractivity contribution is 0.0207. The number of hydrogen-bond donors (Lipinski definition) is 3.